The van der Waals surface area contributed by atoms with Gasteiger partial charge in [0, 0.05) is 10.6 Å². The Morgan fingerprint density at radius 3 is 2.69 bits per heavy atom. The van der Waals surface area contributed by atoms with Gasteiger partial charge < -0.3 is 14.5 Å². The third-order valence-electron chi connectivity index (χ3n) is 5.35. The number of carbonyl (C=O) groups excluding carboxylic acids is 3. The van der Waals surface area contributed by atoms with Crippen LogP contribution in [0.2, 0.25) is 0 Å². The zero-order valence-corrected chi connectivity index (χ0v) is 18.3. The number of hydrogen-bond acceptors (Lipinski definition) is 6. The van der Waals surface area contributed by atoms with E-state index in [0.29, 0.717) is 27.6 Å². The summed E-state index contributed by atoms with van der Waals surface area (Å²) in [6.07, 6.45) is 2.13. The number of hydrogen-bond donors (Lipinski definition) is 1. The van der Waals surface area contributed by atoms with Gasteiger partial charge in [-0.1, -0.05) is 6.92 Å². The monoisotopic (exact) mass is 417 g/mol. The van der Waals surface area contributed by atoms with Crippen LogP contribution in [0.1, 0.15) is 79.4 Å². The lowest BCUT2D eigenvalue weighted by molar-refractivity contribution is 0.0321. The lowest BCUT2D eigenvalue weighted by atomic mass is 9.90. The molecule has 3 rings (SSSR count). The number of H-pyrrole nitrogens is 1. The van der Waals surface area contributed by atoms with Crippen LogP contribution in [0, 0.1) is 19.8 Å². The average Bonchev–Trinajstić information content (AvgIpc) is 3.21. The highest BCUT2D eigenvalue weighted by molar-refractivity contribution is 7.14. The summed E-state index contributed by atoms with van der Waals surface area (Å²) in [6, 6.07) is 1.90. The third kappa shape index (κ3) is 4.29. The molecule has 2 aromatic rings. The summed E-state index contributed by atoms with van der Waals surface area (Å²) < 4.78 is 10.5. The number of carbonyl (C=O) groups is 3. The van der Waals surface area contributed by atoms with Crippen molar-refractivity contribution in [2.24, 2.45) is 5.92 Å². The van der Waals surface area contributed by atoms with Crippen molar-refractivity contribution in [1.29, 1.82) is 0 Å². The summed E-state index contributed by atoms with van der Waals surface area (Å²) in [4.78, 5) is 42.3. The molecule has 2 aromatic heterocycles. The Hall–Kier alpha value is -2.41. The molecule has 0 radical (unpaired) electrons. The molecule has 0 fully saturated rings. The smallest absolute Gasteiger partial charge is 0.349 e. The Morgan fingerprint density at radius 2 is 2.00 bits per heavy atom. The summed E-state index contributed by atoms with van der Waals surface area (Å²) in [5.74, 6) is -0.705. The zero-order valence-electron chi connectivity index (χ0n) is 17.5. The number of aryl methyl sites for hydroxylation is 2. The van der Waals surface area contributed by atoms with Gasteiger partial charge in [-0.2, -0.15) is 0 Å². The van der Waals surface area contributed by atoms with Gasteiger partial charge in [-0.15, -0.1) is 11.3 Å². The summed E-state index contributed by atoms with van der Waals surface area (Å²) in [5, 5.41) is 0. The lowest BCUT2D eigenvalue weighted by Crippen LogP contribution is -2.25. The number of esters is 2. The molecule has 29 heavy (non-hydrogen) atoms. The second-order valence-electron chi connectivity index (χ2n) is 7.66. The minimum Gasteiger partial charge on any atom is -0.462 e. The van der Waals surface area contributed by atoms with E-state index in [1.165, 1.54) is 21.8 Å². The van der Waals surface area contributed by atoms with E-state index in [4.69, 9.17) is 9.47 Å². The second kappa shape index (κ2) is 8.53. The second-order valence-corrected chi connectivity index (χ2v) is 8.80. The van der Waals surface area contributed by atoms with Crippen LogP contribution in [0.25, 0.3) is 0 Å². The normalized spacial score (nSPS) is 16.8. The fourth-order valence-corrected chi connectivity index (χ4v) is 4.88. The van der Waals surface area contributed by atoms with E-state index in [9.17, 15) is 14.4 Å². The molecule has 156 valence electrons. The van der Waals surface area contributed by atoms with Gasteiger partial charge in [0.15, 0.2) is 6.10 Å². The molecule has 1 aliphatic rings. The van der Waals surface area contributed by atoms with Crippen molar-refractivity contribution in [2.75, 3.05) is 6.61 Å². The van der Waals surface area contributed by atoms with E-state index in [1.807, 2.05) is 6.07 Å². The Bertz CT molecular complexity index is 955. The molecule has 0 bridgehead atoms. The van der Waals surface area contributed by atoms with Crippen molar-refractivity contribution in [1.82, 2.24) is 4.98 Å². The molecule has 7 heteroatoms. The van der Waals surface area contributed by atoms with Crippen LogP contribution in [0.3, 0.4) is 0 Å². The molecule has 0 spiro atoms. The van der Waals surface area contributed by atoms with Crippen LogP contribution < -0.4 is 0 Å². The molecule has 0 aliphatic heterocycles. The standard InChI is InChI=1S/C22H27NO5S/c1-6-27-22(26)18-12(3)19(23-13(18)4)20(24)14(5)28-21(25)17-10-15-9-11(2)7-8-16(15)29-17/h10-11,14,23H,6-9H2,1-5H3/t11-,14-/m1/s1. The largest absolute Gasteiger partial charge is 0.462 e. The predicted molar refractivity (Wildman–Crippen MR) is 111 cm³/mol. The minimum absolute atomic E-state index is 0.254. The van der Waals surface area contributed by atoms with E-state index < -0.39 is 18.0 Å². The zero-order chi connectivity index (χ0) is 21.3. The minimum atomic E-state index is -0.965. The number of ether oxygens (including phenoxy) is 2. The SMILES string of the molecule is CCOC(=O)c1c(C)[nH]c(C(=O)[C@@H](C)OC(=O)c2cc3c(s2)CC[C@@H](C)C3)c1C. The molecule has 1 N–H and O–H groups in total. The van der Waals surface area contributed by atoms with Gasteiger partial charge in [-0.3, -0.25) is 4.79 Å². The summed E-state index contributed by atoms with van der Waals surface area (Å²) in [5.41, 5.74) is 2.91. The summed E-state index contributed by atoms with van der Waals surface area (Å²) >= 11 is 1.46. The first-order chi connectivity index (χ1) is 13.7. The van der Waals surface area contributed by atoms with Crippen LogP contribution >= 0.6 is 11.3 Å². The van der Waals surface area contributed by atoms with Crippen molar-refractivity contribution >= 4 is 29.1 Å². The van der Waals surface area contributed by atoms with Crippen molar-refractivity contribution in [3.05, 3.63) is 43.9 Å². The molecule has 0 unspecified atom stereocenters. The number of ketones is 1. The molecule has 2 heterocycles. The number of rotatable bonds is 6. The molecule has 6 nitrogen and oxygen atoms in total. The molecule has 0 aromatic carbocycles. The van der Waals surface area contributed by atoms with Crippen molar-refractivity contribution in [3.63, 3.8) is 0 Å². The molecular weight excluding hydrogens is 390 g/mol. The fraction of sp³-hybridized carbons (Fsp3) is 0.500. The van der Waals surface area contributed by atoms with E-state index in [0.717, 1.165) is 19.3 Å². The highest BCUT2D eigenvalue weighted by Gasteiger charge is 2.29. The maximum atomic E-state index is 12.9. The molecule has 1 aliphatic carbocycles. The maximum Gasteiger partial charge on any atom is 0.349 e. The van der Waals surface area contributed by atoms with Gasteiger partial charge in [0.2, 0.25) is 5.78 Å². The van der Waals surface area contributed by atoms with Crippen molar-refractivity contribution in [3.8, 4) is 0 Å². The Morgan fingerprint density at radius 1 is 1.28 bits per heavy atom. The number of thiophene rings is 1. The van der Waals surface area contributed by atoms with E-state index in [-0.39, 0.29) is 18.1 Å². The van der Waals surface area contributed by atoms with Crippen LogP contribution in [-0.4, -0.2) is 35.4 Å². The van der Waals surface area contributed by atoms with Crippen molar-refractivity contribution < 1.29 is 23.9 Å². The number of nitrogens with one attached hydrogen (secondary N) is 1. The quantitative estimate of drug-likeness (QED) is 0.555. The van der Waals surface area contributed by atoms with E-state index >= 15 is 0 Å². The number of aromatic nitrogens is 1. The maximum absolute atomic E-state index is 12.9. The topological polar surface area (TPSA) is 85.5 Å². The molecule has 0 saturated carbocycles. The van der Waals surface area contributed by atoms with Crippen molar-refractivity contribution in [2.45, 2.75) is 60.0 Å². The molecular formula is C22H27NO5S. The van der Waals surface area contributed by atoms with E-state index in [1.54, 1.807) is 27.7 Å². The van der Waals surface area contributed by atoms with Crippen LogP contribution in [0.15, 0.2) is 6.07 Å². The Balaban J connectivity index is 1.73. The highest BCUT2D eigenvalue weighted by atomic mass is 32.1. The van der Waals surface area contributed by atoms with Gasteiger partial charge in [0.25, 0.3) is 0 Å². The van der Waals surface area contributed by atoms with Crippen LogP contribution in [0.5, 0.6) is 0 Å². The third-order valence-corrected chi connectivity index (χ3v) is 6.56. The van der Waals surface area contributed by atoms with Gasteiger partial charge in [-0.05, 0) is 70.1 Å². The first kappa shape index (κ1) is 21.3. The fourth-order valence-electron chi connectivity index (χ4n) is 3.79. The van der Waals surface area contributed by atoms with E-state index in [2.05, 4.69) is 11.9 Å². The van der Waals surface area contributed by atoms with Gasteiger partial charge in [-0.25, -0.2) is 9.59 Å². The molecule has 0 saturated heterocycles. The first-order valence-electron chi connectivity index (χ1n) is 9.95. The average molecular weight is 418 g/mol. The van der Waals surface area contributed by atoms with Gasteiger partial charge in [0.1, 0.15) is 4.88 Å². The van der Waals surface area contributed by atoms with Crippen LogP contribution in [-0.2, 0) is 22.3 Å². The summed E-state index contributed by atoms with van der Waals surface area (Å²) in [6.45, 7) is 9.14. The Kier molecular flexibility index (Phi) is 6.27. The number of Topliss-reactive ketones (excluding diaryl/α,β-unsaturated/α-hetero) is 1. The lowest BCUT2D eigenvalue weighted by Gasteiger charge is -2.16. The highest BCUT2D eigenvalue weighted by Crippen LogP contribution is 2.32. The molecule has 2 atom stereocenters. The van der Waals surface area contributed by atoms with Crippen LogP contribution in [0.4, 0.5) is 0 Å². The first-order valence-corrected chi connectivity index (χ1v) is 10.8. The van der Waals surface area contributed by atoms with Gasteiger partial charge in [0.05, 0.1) is 17.9 Å². The van der Waals surface area contributed by atoms with Gasteiger partial charge >= 0.3 is 11.9 Å². The summed E-state index contributed by atoms with van der Waals surface area (Å²) in [7, 11) is 0. The molecule has 0 amide bonds. The number of fused-ring (bicyclic) bond motifs is 1. The number of aromatic amines is 1. The predicted octanol–water partition coefficient (Wildman–Crippen LogP) is 4.42. The Labute approximate surface area is 174 Å².